The van der Waals surface area contributed by atoms with Gasteiger partial charge in [0.1, 0.15) is 0 Å². The van der Waals surface area contributed by atoms with Gasteiger partial charge in [0.05, 0.1) is 0 Å². The maximum atomic E-state index is 8.25. The zero-order valence-corrected chi connectivity index (χ0v) is 12.2. The molecular weight excluding hydrogens is 273 g/mol. The third-order valence-corrected chi connectivity index (χ3v) is 4.71. The van der Waals surface area contributed by atoms with Gasteiger partial charge in [-0.25, -0.2) is 0 Å². The second-order valence-electron chi connectivity index (χ2n) is 2.47. The van der Waals surface area contributed by atoms with E-state index in [2.05, 4.69) is 13.8 Å². The fraction of sp³-hybridized carbons (Fsp3) is 1.00. The Morgan fingerprint density at radius 2 is 1.69 bits per heavy atom. The summed E-state index contributed by atoms with van der Waals surface area (Å²) in [5, 5.41) is 16.5. The molecule has 2 N–H and O–H groups in total. The Balaban J connectivity index is -0.000000218. The van der Waals surface area contributed by atoms with Crippen LogP contribution in [0.1, 0.15) is 26.7 Å². The van der Waals surface area contributed by atoms with Crippen molar-refractivity contribution in [1.29, 1.82) is 0 Å². The Morgan fingerprint density at radius 3 is 2.00 bits per heavy atom. The minimum absolute atomic E-state index is 0.0892. The quantitative estimate of drug-likeness (QED) is 0.555. The molecule has 0 spiro atoms. The molecule has 0 aromatic heterocycles. The molecule has 0 heterocycles. The summed E-state index contributed by atoms with van der Waals surface area (Å²) in [5.41, 5.74) is 5.59. The summed E-state index contributed by atoms with van der Waals surface area (Å²) < 4.78 is 3.02. The summed E-state index contributed by atoms with van der Waals surface area (Å²) in [6, 6.07) is 0.432. The van der Waals surface area contributed by atoms with Gasteiger partial charge in [0.25, 0.3) is 0 Å². The van der Waals surface area contributed by atoms with E-state index in [0.29, 0.717) is 6.04 Å². The molecule has 0 aliphatic rings. The number of nitrogens with two attached hydrogens (primary N) is 1. The van der Waals surface area contributed by atoms with Crippen LogP contribution in [0.2, 0.25) is 8.87 Å². The van der Waals surface area contributed by atoms with Crippen LogP contribution in [-0.2, 0) is 0 Å². The van der Waals surface area contributed by atoms with Gasteiger partial charge in [-0.05, 0) is 0 Å². The maximum absolute atomic E-state index is 8.25. The molecule has 0 aliphatic carbocycles. The topological polar surface area (TPSA) is 72.1 Å². The molecule has 0 aliphatic heterocycles. The van der Waals surface area contributed by atoms with Crippen LogP contribution in [0.25, 0.3) is 0 Å². The maximum Gasteiger partial charge on any atom is -0.153 e. The van der Waals surface area contributed by atoms with Gasteiger partial charge in [-0.3, -0.25) is 0 Å². The molecule has 0 rings (SSSR count). The standard InChI is InChI=1S/C5H12N.C2H5.2CH3O.Sn/c1-3-4-5(2)6;3*1-2;/h5H,1,3-4,6H2,2H3;1H2,2H3;2*1H3;/q;;2*-1;+2. The predicted molar refractivity (Wildman–Crippen MR) is 55.8 cm³/mol. The van der Waals surface area contributed by atoms with Gasteiger partial charge < -0.3 is 10.2 Å². The first kappa shape index (κ1) is 19.3. The van der Waals surface area contributed by atoms with Gasteiger partial charge in [-0.15, -0.1) is 0 Å². The van der Waals surface area contributed by atoms with Crippen LogP contribution in [0.5, 0.6) is 0 Å². The van der Waals surface area contributed by atoms with Crippen molar-refractivity contribution in [1.82, 2.24) is 0 Å². The van der Waals surface area contributed by atoms with Gasteiger partial charge in [0, 0.05) is 0 Å². The smallest absolute Gasteiger partial charge is 0.153 e. The summed E-state index contributed by atoms with van der Waals surface area (Å²) in [5.74, 6) is 0. The van der Waals surface area contributed by atoms with Crippen LogP contribution < -0.4 is 15.9 Å². The van der Waals surface area contributed by atoms with Crippen molar-refractivity contribution in [2.45, 2.75) is 41.6 Å². The second kappa shape index (κ2) is 23.0. The molecule has 0 aromatic carbocycles. The zero-order chi connectivity index (χ0) is 11.1. The molecule has 80 valence electrons. The minimum Gasteiger partial charge on any atom is -0.857 e. The monoisotopic (exact) mass is 297 g/mol. The van der Waals surface area contributed by atoms with E-state index in [4.69, 9.17) is 15.9 Å². The molecule has 0 aromatic rings. The zero-order valence-electron chi connectivity index (χ0n) is 9.30. The SMILES string of the molecule is C[CH2][Sn+2][CH2]CCC(C)N.C[O-].C[O-]. The Kier molecular flexibility index (Phi) is 34.1. The van der Waals surface area contributed by atoms with Gasteiger partial charge in [-0.1, -0.05) is 0 Å². The van der Waals surface area contributed by atoms with E-state index in [1.54, 1.807) is 0 Å². The van der Waals surface area contributed by atoms with Gasteiger partial charge in [0.2, 0.25) is 0 Å². The summed E-state index contributed by atoms with van der Waals surface area (Å²) in [7, 11) is 1.50. The Hall–Kier alpha value is 0.679. The van der Waals surface area contributed by atoms with E-state index in [1.165, 1.54) is 21.7 Å². The van der Waals surface area contributed by atoms with Crippen LogP contribution in [0.15, 0.2) is 0 Å². The van der Waals surface area contributed by atoms with E-state index in [0.717, 1.165) is 14.2 Å². The molecule has 0 amide bonds. The van der Waals surface area contributed by atoms with Gasteiger partial charge in [0.15, 0.2) is 0 Å². The molecule has 0 bridgehead atoms. The fourth-order valence-corrected chi connectivity index (χ4v) is 3.03. The van der Waals surface area contributed by atoms with Crippen molar-refractivity contribution in [3.8, 4) is 0 Å². The van der Waals surface area contributed by atoms with Crippen molar-refractivity contribution in [2.75, 3.05) is 14.2 Å². The summed E-state index contributed by atoms with van der Waals surface area (Å²) in [4.78, 5) is 0. The van der Waals surface area contributed by atoms with Crippen LogP contribution >= 0.6 is 0 Å². The Bertz CT molecular complexity index is 63.6. The van der Waals surface area contributed by atoms with Crippen LogP contribution in [0, 0.1) is 0 Å². The molecular formula is C9H23NO2Sn. The summed E-state index contributed by atoms with van der Waals surface area (Å²) in [6.07, 6.45) is 2.62. The largest absolute Gasteiger partial charge is 0.857 e. The van der Waals surface area contributed by atoms with Gasteiger partial charge in [-0.2, -0.15) is 14.2 Å². The van der Waals surface area contributed by atoms with Crippen molar-refractivity contribution in [3.63, 3.8) is 0 Å². The van der Waals surface area contributed by atoms with Crippen molar-refractivity contribution < 1.29 is 10.2 Å². The summed E-state index contributed by atoms with van der Waals surface area (Å²) in [6.45, 7) is 4.40. The summed E-state index contributed by atoms with van der Waals surface area (Å²) >= 11 is 0.0892. The first-order chi connectivity index (χ1) is 6.27. The number of hydrogen-bond donors (Lipinski definition) is 1. The van der Waals surface area contributed by atoms with E-state index in [9.17, 15) is 0 Å². The minimum atomic E-state index is 0.0892. The molecule has 13 heavy (non-hydrogen) atoms. The predicted octanol–water partition coefficient (Wildman–Crippen LogP) is -0.372. The molecule has 0 saturated carbocycles. The molecule has 1 unspecified atom stereocenters. The average molecular weight is 296 g/mol. The normalized spacial score (nSPS) is 9.77. The molecule has 1 atom stereocenters. The Morgan fingerprint density at radius 1 is 1.23 bits per heavy atom. The third-order valence-electron chi connectivity index (χ3n) is 1.26. The van der Waals surface area contributed by atoms with Crippen LogP contribution in [-0.4, -0.2) is 41.4 Å². The van der Waals surface area contributed by atoms with E-state index in [1.807, 2.05) is 0 Å². The average Bonchev–Trinajstić information content (AvgIpc) is 2.19. The Labute approximate surface area is 92.9 Å². The van der Waals surface area contributed by atoms with Crippen molar-refractivity contribution >= 4 is 21.1 Å². The number of rotatable bonds is 5. The van der Waals surface area contributed by atoms with E-state index in [-0.39, 0.29) is 21.1 Å². The first-order valence-electron chi connectivity index (χ1n) is 4.55. The molecule has 0 radical (unpaired) electrons. The molecule has 3 nitrogen and oxygen atoms in total. The second-order valence-corrected chi connectivity index (χ2v) is 7.35. The van der Waals surface area contributed by atoms with E-state index >= 15 is 0 Å². The van der Waals surface area contributed by atoms with Crippen molar-refractivity contribution in [3.05, 3.63) is 0 Å². The molecule has 4 heteroatoms. The molecule has 0 saturated heterocycles. The van der Waals surface area contributed by atoms with Crippen LogP contribution in [0.3, 0.4) is 0 Å². The van der Waals surface area contributed by atoms with Crippen molar-refractivity contribution in [2.24, 2.45) is 5.73 Å². The number of hydrogen-bond acceptors (Lipinski definition) is 3. The fourth-order valence-electron chi connectivity index (χ4n) is 0.726. The third kappa shape index (κ3) is 32.4. The van der Waals surface area contributed by atoms with Crippen LogP contribution in [0.4, 0.5) is 0 Å². The van der Waals surface area contributed by atoms with Gasteiger partial charge >= 0.3 is 68.5 Å². The molecule has 0 fully saturated rings. The first-order valence-corrected chi connectivity index (χ1v) is 8.59. The van der Waals surface area contributed by atoms with E-state index < -0.39 is 0 Å².